The summed E-state index contributed by atoms with van der Waals surface area (Å²) < 4.78 is 69.9. The van der Waals surface area contributed by atoms with Crippen LogP contribution in [0.2, 0.25) is 0 Å². The molecular formula is C16H9Cl2NO6S3. The molecule has 4 aromatic carbocycles. The molecule has 4 rings (SSSR count). The molecule has 12 heteroatoms. The molecule has 146 valence electrons. The largest absolute Gasteiger partial charge is 0.398 e. The first kappa shape index (κ1) is 19.6. The number of benzene rings is 4. The number of anilines is 1. The Balaban J connectivity index is 2.45. The van der Waals surface area contributed by atoms with Crippen LogP contribution in [0.15, 0.2) is 51.1 Å². The van der Waals surface area contributed by atoms with Crippen LogP contribution in [0.5, 0.6) is 0 Å². The zero-order valence-electron chi connectivity index (χ0n) is 13.5. The molecule has 0 fully saturated rings. The van der Waals surface area contributed by atoms with Gasteiger partial charge in [-0.05, 0) is 12.1 Å². The van der Waals surface area contributed by atoms with E-state index in [0.717, 1.165) is 6.07 Å². The van der Waals surface area contributed by atoms with Crippen molar-refractivity contribution in [3.05, 3.63) is 36.4 Å². The average Bonchev–Trinajstić information content (AvgIpc) is 2.58. The molecule has 0 aliphatic carbocycles. The lowest BCUT2D eigenvalue weighted by atomic mass is 9.93. The molecule has 0 amide bonds. The second-order valence-corrected chi connectivity index (χ2v) is 12.0. The maximum Gasteiger partial charge on any atom is 0.261 e. The highest BCUT2D eigenvalue weighted by Gasteiger charge is 2.26. The minimum atomic E-state index is -4.34. The molecule has 1 unspecified atom stereocenters. The van der Waals surface area contributed by atoms with Gasteiger partial charge in [-0.2, -0.15) is 0 Å². The van der Waals surface area contributed by atoms with E-state index >= 15 is 0 Å². The van der Waals surface area contributed by atoms with Crippen molar-refractivity contribution in [2.45, 2.75) is 14.7 Å². The van der Waals surface area contributed by atoms with Crippen LogP contribution in [0.4, 0.5) is 5.69 Å². The molecule has 0 aliphatic rings. The molecule has 1 atom stereocenters. The van der Waals surface area contributed by atoms with Gasteiger partial charge in [-0.25, -0.2) is 21.0 Å². The topological polar surface area (TPSA) is 132 Å². The van der Waals surface area contributed by atoms with Gasteiger partial charge >= 0.3 is 0 Å². The molecule has 0 radical (unpaired) electrons. The number of hydrogen-bond acceptors (Lipinski definition) is 6. The Morgan fingerprint density at radius 3 is 1.68 bits per heavy atom. The standard InChI is InChI=1S/C16H9Cl2NO6S3/c17-27(22,23)13-6-14(28(18,24)25)10-4-2-8-12(26(20)21)5-11(19)7-1-3-9(13)16(10)15(7)8/h1-6H,19H2,(H,20,21). The first-order valence-corrected chi connectivity index (χ1v) is 13.2. The number of nitrogen functional groups attached to an aromatic ring is 1. The zero-order chi connectivity index (χ0) is 20.6. The molecule has 0 aliphatic heterocycles. The Morgan fingerprint density at radius 1 is 0.786 bits per heavy atom. The Kier molecular flexibility index (Phi) is 4.31. The van der Waals surface area contributed by atoms with Gasteiger partial charge in [0.1, 0.15) is 0 Å². The second kappa shape index (κ2) is 6.15. The summed E-state index contributed by atoms with van der Waals surface area (Å²) >= 11 is -2.39. The maximum atomic E-state index is 12.1. The fraction of sp³-hybridized carbons (Fsp3) is 0. The molecule has 7 nitrogen and oxygen atoms in total. The normalized spacial score (nSPS) is 14.2. The fourth-order valence-corrected chi connectivity index (χ4v) is 6.28. The van der Waals surface area contributed by atoms with Gasteiger partial charge in [0.2, 0.25) is 0 Å². The summed E-state index contributed by atoms with van der Waals surface area (Å²) in [6.45, 7) is 0. The summed E-state index contributed by atoms with van der Waals surface area (Å²) in [4.78, 5) is -0.873. The van der Waals surface area contributed by atoms with Crippen LogP contribution in [-0.2, 0) is 29.2 Å². The fourth-order valence-electron chi connectivity index (χ4n) is 3.47. The summed E-state index contributed by atoms with van der Waals surface area (Å²) in [6, 6.07) is 8.11. The second-order valence-electron chi connectivity index (χ2n) is 6.03. The molecule has 0 aromatic heterocycles. The molecule has 0 spiro atoms. The van der Waals surface area contributed by atoms with Gasteiger partial charge in [-0.3, -0.25) is 0 Å². The number of hydrogen-bond donors (Lipinski definition) is 2. The first-order chi connectivity index (χ1) is 12.9. The van der Waals surface area contributed by atoms with Gasteiger partial charge in [0.05, 0.1) is 14.7 Å². The quantitative estimate of drug-likeness (QED) is 0.199. The first-order valence-electron chi connectivity index (χ1n) is 7.45. The van der Waals surface area contributed by atoms with Crippen molar-refractivity contribution in [1.29, 1.82) is 0 Å². The van der Waals surface area contributed by atoms with Gasteiger partial charge in [-0.15, -0.1) is 0 Å². The lowest BCUT2D eigenvalue weighted by Crippen LogP contribution is -2.02. The summed E-state index contributed by atoms with van der Waals surface area (Å²) in [7, 11) is 2.40. The van der Waals surface area contributed by atoms with E-state index in [1.807, 2.05) is 0 Å². The maximum absolute atomic E-state index is 12.1. The highest BCUT2D eigenvalue weighted by molar-refractivity contribution is 8.14. The van der Waals surface area contributed by atoms with Crippen molar-refractivity contribution in [3.8, 4) is 0 Å². The van der Waals surface area contributed by atoms with Crippen LogP contribution in [0.1, 0.15) is 0 Å². The van der Waals surface area contributed by atoms with E-state index in [9.17, 15) is 25.6 Å². The van der Waals surface area contributed by atoms with Crippen molar-refractivity contribution >= 4 is 88.6 Å². The Hall–Kier alpha value is -1.69. The molecular weight excluding hydrogens is 469 g/mol. The van der Waals surface area contributed by atoms with Gasteiger partial charge in [0.25, 0.3) is 18.1 Å². The summed E-state index contributed by atoms with van der Waals surface area (Å²) in [5.41, 5.74) is 6.19. The van der Waals surface area contributed by atoms with Gasteiger partial charge in [0.15, 0.2) is 11.1 Å². The van der Waals surface area contributed by atoms with Crippen LogP contribution in [0, 0.1) is 0 Å². The van der Waals surface area contributed by atoms with Crippen molar-refractivity contribution in [1.82, 2.24) is 0 Å². The van der Waals surface area contributed by atoms with Crippen molar-refractivity contribution in [2.75, 3.05) is 5.73 Å². The number of nitrogens with two attached hydrogens (primary N) is 1. The van der Waals surface area contributed by atoms with E-state index < -0.39 is 39.0 Å². The van der Waals surface area contributed by atoms with Crippen molar-refractivity contribution < 1.29 is 25.6 Å². The lowest BCUT2D eigenvalue weighted by Gasteiger charge is -2.17. The highest BCUT2D eigenvalue weighted by Crippen LogP contribution is 2.44. The molecule has 0 bridgehead atoms. The Bertz CT molecular complexity index is 1500. The third-order valence-corrected chi connectivity index (χ3v) is 7.97. The van der Waals surface area contributed by atoms with Gasteiger partial charge in [-0.1, -0.05) is 24.3 Å². The molecule has 0 saturated carbocycles. The van der Waals surface area contributed by atoms with Crippen molar-refractivity contribution in [2.24, 2.45) is 0 Å². The third-order valence-electron chi connectivity index (χ3n) is 4.53. The van der Waals surface area contributed by atoms with Crippen LogP contribution in [0.3, 0.4) is 0 Å². The van der Waals surface area contributed by atoms with Crippen LogP contribution < -0.4 is 5.73 Å². The van der Waals surface area contributed by atoms with E-state index in [1.165, 1.54) is 24.3 Å². The summed E-state index contributed by atoms with van der Waals surface area (Å²) in [5, 5.41) is 1.64. The minimum absolute atomic E-state index is 0.00816. The number of rotatable bonds is 3. The van der Waals surface area contributed by atoms with Gasteiger partial charge < -0.3 is 10.3 Å². The van der Waals surface area contributed by atoms with E-state index in [2.05, 4.69) is 0 Å². The average molecular weight is 478 g/mol. The van der Waals surface area contributed by atoms with Crippen LogP contribution in [-0.4, -0.2) is 25.6 Å². The molecule has 3 N–H and O–H groups in total. The Labute approximate surface area is 170 Å². The summed E-state index contributed by atoms with van der Waals surface area (Å²) in [6.07, 6.45) is 0. The minimum Gasteiger partial charge on any atom is -0.398 e. The predicted octanol–water partition coefficient (Wildman–Crippen LogP) is 3.60. The predicted molar refractivity (Wildman–Crippen MR) is 110 cm³/mol. The molecule has 0 heterocycles. The Morgan fingerprint density at radius 2 is 1.21 bits per heavy atom. The van der Waals surface area contributed by atoms with Crippen LogP contribution in [0.25, 0.3) is 32.3 Å². The van der Waals surface area contributed by atoms with Crippen LogP contribution >= 0.6 is 21.4 Å². The number of halogens is 2. The van der Waals surface area contributed by atoms with Gasteiger partial charge in [0, 0.05) is 59.4 Å². The smallest absolute Gasteiger partial charge is 0.261 e. The van der Waals surface area contributed by atoms with E-state index in [1.54, 1.807) is 6.07 Å². The molecule has 4 aromatic rings. The van der Waals surface area contributed by atoms with Crippen molar-refractivity contribution in [3.63, 3.8) is 0 Å². The summed E-state index contributed by atoms with van der Waals surface area (Å²) in [5.74, 6) is 0. The van der Waals surface area contributed by atoms with E-state index in [4.69, 9.17) is 27.1 Å². The molecule has 0 saturated heterocycles. The van der Waals surface area contributed by atoms with E-state index in [0.29, 0.717) is 16.2 Å². The zero-order valence-corrected chi connectivity index (χ0v) is 17.5. The monoisotopic (exact) mass is 477 g/mol. The lowest BCUT2D eigenvalue weighted by molar-refractivity contribution is 0.565. The third kappa shape index (κ3) is 2.83. The highest BCUT2D eigenvalue weighted by atomic mass is 35.7. The van der Waals surface area contributed by atoms with E-state index in [-0.39, 0.29) is 26.7 Å². The molecule has 28 heavy (non-hydrogen) atoms. The SMILES string of the molecule is Nc1cc(S(=O)O)c2ccc3c(S(=O)(=O)Cl)cc(S(=O)(=O)Cl)c4ccc1c2c43.